The smallest absolute Gasteiger partial charge is 0.253 e. The largest absolute Gasteiger partial charge is 0.409 e. The number of carbonyl (C=O) groups excluding carboxylic acids is 1. The molecule has 1 aromatic carbocycles. The van der Waals surface area contributed by atoms with Crippen LogP contribution in [0.4, 0.5) is 0 Å². The van der Waals surface area contributed by atoms with E-state index in [1.165, 1.54) is 0 Å². The molecule has 1 unspecified atom stereocenters. The normalized spacial score (nSPS) is 13.1. The van der Waals surface area contributed by atoms with Crippen LogP contribution in [-0.2, 0) is 0 Å². The third kappa shape index (κ3) is 4.24. The van der Waals surface area contributed by atoms with Crippen LogP contribution >= 0.6 is 15.9 Å². The highest BCUT2D eigenvalue weighted by molar-refractivity contribution is 9.10. The van der Waals surface area contributed by atoms with Crippen LogP contribution in [0.25, 0.3) is 0 Å². The number of amidine groups is 1. The average molecular weight is 328 g/mol. The van der Waals surface area contributed by atoms with Crippen LogP contribution in [0.5, 0.6) is 0 Å². The fraction of sp³-hybridized carbons (Fsp3) is 0.385. The number of hydrogen-bond acceptors (Lipinski definition) is 3. The SMILES string of the molecule is CCCC(NC(=O)c1cc(C)ccc1Br)/C(N)=N/O. The minimum absolute atomic E-state index is 0.0129. The van der Waals surface area contributed by atoms with E-state index in [1.54, 1.807) is 6.07 Å². The topological polar surface area (TPSA) is 87.7 Å². The zero-order valence-corrected chi connectivity index (χ0v) is 12.6. The molecule has 104 valence electrons. The Labute approximate surface area is 121 Å². The maximum atomic E-state index is 12.2. The van der Waals surface area contributed by atoms with Crippen LogP contribution in [0.15, 0.2) is 27.8 Å². The summed E-state index contributed by atoms with van der Waals surface area (Å²) in [6, 6.07) is 5.06. The van der Waals surface area contributed by atoms with Crippen LogP contribution in [0, 0.1) is 6.92 Å². The fourth-order valence-electron chi connectivity index (χ4n) is 1.70. The van der Waals surface area contributed by atoms with Gasteiger partial charge in [0.1, 0.15) is 0 Å². The molecule has 5 nitrogen and oxygen atoms in total. The Hall–Kier alpha value is -1.56. The molecular formula is C13H18BrN3O2. The lowest BCUT2D eigenvalue weighted by atomic mass is 10.1. The molecule has 6 heteroatoms. The van der Waals surface area contributed by atoms with Gasteiger partial charge in [-0.15, -0.1) is 0 Å². The average Bonchev–Trinajstić information content (AvgIpc) is 2.40. The van der Waals surface area contributed by atoms with Crippen molar-refractivity contribution in [3.05, 3.63) is 33.8 Å². The van der Waals surface area contributed by atoms with E-state index in [0.717, 1.165) is 12.0 Å². The molecular weight excluding hydrogens is 310 g/mol. The van der Waals surface area contributed by atoms with Gasteiger partial charge in [-0.1, -0.05) is 30.1 Å². The molecule has 0 saturated carbocycles. The second-order valence-electron chi connectivity index (χ2n) is 4.32. The highest BCUT2D eigenvalue weighted by Crippen LogP contribution is 2.18. The minimum Gasteiger partial charge on any atom is -0.409 e. The van der Waals surface area contributed by atoms with Crippen molar-refractivity contribution in [3.63, 3.8) is 0 Å². The van der Waals surface area contributed by atoms with Crippen molar-refractivity contribution >= 4 is 27.7 Å². The summed E-state index contributed by atoms with van der Waals surface area (Å²) in [5.74, 6) is -0.236. The van der Waals surface area contributed by atoms with Gasteiger partial charge in [0, 0.05) is 4.47 Å². The lowest BCUT2D eigenvalue weighted by Gasteiger charge is -2.17. The number of benzene rings is 1. The molecule has 0 aliphatic rings. The standard InChI is InChI=1S/C13H18BrN3O2/c1-3-4-11(12(15)17-19)16-13(18)9-7-8(2)5-6-10(9)14/h5-7,11,19H,3-4H2,1-2H3,(H2,15,17)(H,16,18). The molecule has 0 heterocycles. The van der Waals surface area contributed by atoms with Gasteiger partial charge in [0.25, 0.3) is 5.91 Å². The Morgan fingerprint density at radius 2 is 2.26 bits per heavy atom. The number of amides is 1. The summed E-state index contributed by atoms with van der Waals surface area (Å²) >= 11 is 3.34. The number of rotatable bonds is 5. The van der Waals surface area contributed by atoms with Gasteiger partial charge in [0.2, 0.25) is 0 Å². The van der Waals surface area contributed by atoms with Crippen LogP contribution < -0.4 is 11.1 Å². The minimum atomic E-state index is -0.463. The molecule has 1 amide bonds. The highest BCUT2D eigenvalue weighted by Gasteiger charge is 2.18. The maximum Gasteiger partial charge on any atom is 0.253 e. The van der Waals surface area contributed by atoms with Gasteiger partial charge in [-0.2, -0.15) is 0 Å². The predicted octanol–water partition coefficient (Wildman–Crippen LogP) is 2.40. The summed E-state index contributed by atoms with van der Waals surface area (Å²) < 4.78 is 0.713. The summed E-state index contributed by atoms with van der Waals surface area (Å²) in [5, 5.41) is 14.4. The van der Waals surface area contributed by atoms with Gasteiger partial charge in [-0.25, -0.2) is 0 Å². The van der Waals surface area contributed by atoms with E-state index in [0.29, 0.717) is 16.5 Å². The van der Waals surface area contributed by atoms with E-state index in [2.05, 4.69) is 26.4 Å². The number of nitrogens with one attached hydrogen (secondary N) is 1. The Balaban J connectivity index is 2.90. The highest BCUT2D eigenvalue weighted by atomic mass is 79.9. The van der Waals surface area contributed by atoms with E-state index < -0.39 is 6.04 Å². The third-order valence-corrected chi connectivity index (χ3v) is 3.41. The quantitative estimate of drug-likeness (QED) is 0.336. The number of carbonyl (C=O) groups is 1. The van der Waals surface area contributed by atoms with Crippen molar-refractivity contribution in [2.45, 2.75) is 32.7 Å². The molecule has 0 radical (unpaired) electrons. The molecule has 1 atom stereocenters. The first kappa shape index (κ1) is 15.5. The zero-order chi connectivity index (χ0) is 14.4. The van der Waals surface area contributed by atoms with E-state index in [1.807, 2.05) is 26.0 Å². The Kier molecular flexibility index (Phi) is 5.82. The number of oxime groups is 1. The van der Waals surface area contributed by atoms with E-state index >= 15 is 0 Å². The Morgan fingerprint density at radius 1 is 1.58 bits per heavy atom. The first-order valence-corrected chi connectivity index (χ1v) is 6.83. The van der Waals surface area contributed by atoms with Crippen molar-refractivity contribution in [1.29, 1.82) is 0 Å². The lowest BCUT2D eigenvalue weighted by Crippen LogP contribution is -2.44. The van der Waals surface area contributed by atoms with E-state index in [9.17, 15) is 4.79 Å². The molecule has 19 heavy (non-hydrogen) atoms. The Morgan fingerprint density at radius 3 is 2.84 bits per heavy atom. The molecule has 4 N–H and O–H groups in total. The van der Waals surface area contributed by atoms with Gasteiger partial charge >= 0.3 is 0 Å². The monoisotopic (exact) mass is 327 g/mol. The number of nitrogens with zero attached hydrogens (tertiary/aromatic N) is 1. The van der Waals surface area contributed by atoms with E-state index in [-0.39, 0.29) is 11.7 Å². The molecule has 0 spiro atoms. The third-order valence-electron chi connectivity index (χ3n) is 2.72. The van der Waals surface area contributed by atoms with Gasteiger partial charge in [0.15, 0.2) is 5.84 Å². The molecule has 0 aliphatic heterocycles. The van der Waals surface area contributed by atoms with Crippen molar-refractivity contribution in [1.82, 2.24) is 5.32 Å². The first-order chi connectivity index (χ1) is 8.99. The number of hydrogen-bond donors (Lipinski definition) is 3. The molecule has 1 rings (SSSR count). The lowest BCUT2D eigenvalue weighted by molar-refractivity contribution is 0.0944. The van der Waals surface area contributed by atoms with E-state index in [4.69, 9.17) is 10.9 Å². The molecule has 0 bridgehead atoms. The Bertz CT molecular complexity index is 489. The molecule has 1 aromatic rings. The first-order valence-electron chi connectivity index (χ1n) is 6.04. The number of aryl methyl sites for hydroxylation is 1. The molecule has 0 saturated heterocycles. The number of halogens is 1. The fourth-order valence-corrected chi connectivity index (χ4v) is 2.13. The predicted molar refractivity (Wildman–Crippen MR) is 78.5 cm³/mol. The summed E-state index contributed by atoms with van der Waals surface area (Å²) in [6.45, 7) is 3.88. The van der Waals surface area contributed by atoms with Gasteiger partial charge in [-0.3, -0.25) is 4.79 Å². The van der Waals surface area contributed by atoms with Crippen LogP contribution in [-0.4, -0.2) is 23.0 Å². The van der Waals surface area contributed by atoms with Crippen molar-refractivity contribution in [2.24, 2.45) is 10.9 Å². The van der Waals surface area contributed by atoms with Crippen LogP contribution in [0.1, 0.15) is 35.7 Å². The van der Waals surface area contributed by atoms with Crippen molar-refractivity contribution in [2.75, 3.05) is 0 Å². The van der Waals surface area contributed by atoms with Crippen molar-refractivity contribution < 1.29 is 10.0 Å². The van der Waals surface area contributed by atoms with Gasteiger partial charge in [0.05, 0.1) is 11.6 Å². The van der Waals surface area contributed by atoms with Crippen LogP contribution in [0.3, 0.4) is 0 Å². The maximum absolute atomic E-state index is 12.2. The van der Waals surface area contributed by atoms with Crippen molar-refractivity contribution in [3.8, 4) is 0 Å². The van der Waals surface area contributed by atoms with Crippen LogP contribution in [0.2, 0.25) is 0 Å². The molecule has 0 aromatic heterocycles. The molecule has 0 aliphatic carbocycles. The summed E-state index contributed by atoms with van der Waals surface area (Å²) in [5.41, 5.74) is 7.10. The zero-order valence-electron chi connectivity index (χ0n) is 11.0. The molecule has 0 fully saturated rings. The second kappa shape index (κ2) is 7.13. The van der Waals surface area contributed by atoms with Gasteiger partial charge < -0.3 is 16.3 Å². The summed E-state index contributed by atoms with van der Waals surface area (Å²) in [4.78, 5) is 12.2. The summed E-state index contributed by atoms with van der Waals surface area (Å²) in [7, 11) is 0. The second-order valence-corrected chi connectivity index (χ2v) is 5.18. The summed E-state index contributed by atoms with van der Waals surface area (Å²) in [6.07, 6.45) is 1.43. The number of nitrogens with two attached hydrogens (primary N) is 1. The van der Waals surface area contributed by atoms with Gasteiger partial charge in [-0.05, 0) is 41.4 Å².